The lowest BCUT2D eigenvalue weighted by Gasteiger charge is -2.31. The maximum Gasteiger partial charge on any atom is 0.408 e. The molecule has 3 aromatic rings. The van der Waals surface area contributed by atoms with Crippen molar-refractivity contribution in [2.24, 2.45) is 5.41 Å². The Kier molecular flexibility index (Phi) is 9.98. The van der Waals surface area contributed by atoms with Crippen LogP contribution in [-0.4, -0.2) is 45.3 Å². The second-order valence-corrected chi connectivity index (χ2v) is 10.6. The SMILES string of the molecule is CCCC[C@H](NC(=O)O[C@H](Cn1ccc(-c2ccc(C)cc2)n1)C(C)(C)C)C(=O)CNc1cccc(F)n1. The van der Waals surface area contributed by atoms with Gasteiger partial charge in [0.1, 0.15) is 11.9 Å². The number of benzene rings is 1. The summed E-state index contributed by atoms with van der Waals surface area (Å²) in [7, 11) is 0. The third-order valence-electron chi connectivity index (χ3n) is 6.24. The second kappa shape index (κ2) is 13.2. The highest BCUT2D eigenvalue weighted by Crippen LogP contribution is 2.25. The summed E-state index contributed by atoms with van der Waals surface area (Å²) in [4.78, 5) is 29.6. The number of carbonyl (C=O) groups is 2. The first-order valence-electron chi connectivity index (χ1n) is 13.0. The number of amides is 1. The lowest BCUT2D eigenvalue weighted by Crippen LogP contribution is -2.46. The molecule has 0 aliphatic carbocycles. The Bertz CT molecular complexity index is 1200. The van der Waals surface area contributed by atoms with Crippen LogP contribution in [0.2, 0.25) is 0 Å². The minimum absolute atomic E-state index is 0.0944. The number of carbonyl (C=O) groups excluding carboxylic acids is 2. The normalized spacial score (nSPS) is 13.0. The van der Waals surface area contributed by atoms with Gasteiger partial charge < -0.3 is 15.4 Å². The van der Waals surface area contributed by atoms with Crippen molar-refractivity contribution in [3.05, 3.63) is 66.2 Å². The molecule has 0 aliphatic heterocycles. The van der Waals surface area contributed by atoms with Gasteiger partial charge in [-0.2, -0.15) is 9.49 Å². The van der Waals surface area contributed by atoms with Crippen molar-refractivity contribution in [3.8, 4) is 11.3 Å². The quantitative estimate of drug-likeness (QED) is 0.292. The molecule has 2 aromatic heterocycles. The van der Waals surface area contributed by atoms with Crippen LogP contribution in [0.3, 0.4) is 0 Å². The summed E-state index contributed by atoms with van der Waals surface area (Å²) in [5.41, 5.74) is 2.66. The van der Waals surface area contributed by atoms with Crippen molar-refractivity contribution in [1.82, 2.24) is 20.1 Å². The number of halogens is 1. The number of nitrogens with zero attached hydrogens (tertiary/aromatic N) is 3. The highest BCUT2D eigenvalue weighted by Gasteiger charge is 2.31. The molecule has 38 heavy (non-hydrogen) atoms. The van der Waals surface area contributed by atoms with Gasteiger partial charge in [-0.1, -0.05) is 76.4 Å². The molecule has 0 bridgehead atoms. The fourth-order valence-corrected chi connectivity index (χ4v) is 3.83. The number of ether oxygens (including phenoxy) is 1. The largest absolute Gasteiger partial charge is 0.444 e. The average molecular weight is 524 g/mol. The van der Waals surface area contributed by atoms with Crippen LogP contribution in [0.25, 0.3) is 11.3 Å². The summed E-state index contributed by atoms with van der Waals surface area (Å²) in [6.07, 6.45) is 2.81. The van der Waals surface area contributed by atoms with E-state index in [0.717, 1.165) is 24.1 Å². The van der Waals surface area contributed by atoms with Crippen LogP contribution in [0.1, 0.15) is 52.5 Å². The minimum atomic E-state index is -0.734. The lowest BCUT2D eigenvalue weighted by atomic mass is 9.89. The molecule has 2 atom stereocenters. The maximum absolute atomic E-state index is 13.3. The highest BCUT2D eigenvalue weighted by molar-refractivity contribution is 5.90. The van der Waals surface area contributed by atoms with E-state index in [1.807, 2.05) is 71.1 Å². The molecule has 1 amide bonds. The molecule has 1 aromatic carbocycles. The smallest absolute Gasteiger partial charge is 0.408 e. The molecular weight excluding hydrogens is 485 g/mol. The summed E-state index contributed by atoms with van der Waals surface area (Å²) in [6, 6.07) is 13.7. The van der Waals surface area contributed by atoms with Crippen LogP contribution in [-0.2, 0) is 16.1 Å². The molecule has 2 N–H and O–H groups in total. The Morgan fingerprint density at radius 2 is 1.84 bits per heavy atom. The summed E-state index contributed by atoms with van der Waals surface area (Å²) < 4.78 is 21.0. The summed E-state index contributed by atoms with van der Waals surface area (Å²) in [6.45, 7) is 10.3. The van der Waals surface area contributed by atoms with E-state index >= 15 is 0 Å². The number of rotatable bonds is 12. The number of ketones is 1. The fraction of sp³-hybridized carbons (Fsp3) is 0.448. The number of alkyl carbamates (subject to hydrolysis) is 1. The molecule has 0 fully saturated rings. The Morgan fingerprint density at radius 3 is 2.50 bits per heavy atom. The van der Waals surface area contributed by atoms with Gasteiger partial charge in [0.15, 0.2) is 5.78 Å². The first-order valence-corrected chi connectivity index (χ1v) is 13.0. The molecule has 0 saturated carbocycles. The Balaban J connectivity index is 1.63. The Hall–Kier alpha value is -3.75. The molecule has 0 aliphatic rings. The topological polar surface area (TPSA) is 98.1 Å². The first-order chi connectivity index (χ1) is 18.0. The molecular formula is C29H38FN5O3. The molecule has 204 valence electrons. The minimum Gasteiger partial charge on any atom is -0.444 e. The third kappa shape index (κ3) is 8.68. The number of hydrogen-bond acceptors (Lipinski definition) is 6. The predicted molar refractivity (Wildman–Crippen MR) is 146 cm³/mol. The lowest BCUT2D eigenvalue weighted by molar-refractivity contribution is -0.119. The van der Waals surface area contributed by atoms with E-state index in [1.165, 1.54) is 17.7 Å². The molecule has 0 spiro atoms. The van der Waals surface area contributed by atoms with Crippen molar-refractivity contribution in [2.45, 2.75) is 72.6 Å². The van der Waals surface area contributed by atoms with Crippen molar-refractivity contribution < 1.29 is 18.7 Å². The maximum atomic E-state index is 13.3. The van der Waals surface area contributed by atoms with Crippen LogP contribution in [0.5, 0.6) is 0 Å². The summed E-state index contributed by atoms with van der Waals surface area (Å²) in [5.74, 6) is -0.612. The van der Waals surface area contributed by atoms with Gasteiger partial charge in [0.25, 0.3) is 0 Å². The van der Waals surface area contributed by atoms with Gasteiger partial charge >= 0.3 is 6.09 Å². The van der Waals surface area contributed by atoms with Crippen molar-refractivity contribution >= 4 is 17.7 Å². The zero-order valence-electron chi connectivity index (χ0n) is 22.8. The number of Topliss-reactive ketones (excluding diaryl/α,β-unsaturated/α-hetero) is 1. The van der Waals surface area contributed by atoms with Gasteiger partial charge in [0.2, 0.25) is 5.95 Å². The van der Waals surface area contributed by atoms with E-state index in [4.69, 9.17) is 4.74 Å². The number of aryl methyl sites for hydroxylation is 1. The van der Waals surface area contributed by atoms with Crippen LogP contribution in [0.4, 0.5) is 15.0 Å². The standard InChI is InChI=1S/C29H38FN5O3/c1-6-7-9-23(24(36)18-31-27-11-8-10-26(30)33-27)32-28(37)38-25(29(3,4)5)19-35-17-16-22(34-35)21-14-12-20(2)13-15-21/h8,10-17,23,25H,6-7,9,18-19H2,1-5H3,(H,31,33)(H,32,37)/t23-,25+/m0/s1. The number of pyridine rings is 1. The second-order valence-electron chi connectivity index (χ2n) is 10.6. The number of hydrogen-bond donors (Lipinski definition) is 2. The Labute approximate surface area is 224 Å². The molecule has 8 nitrogen and oxygen atoms in total. The van der Waals surface area contributed by atoms with Crippen LogP contribution in [0.15, 0.2) is 54.7 Å². The van der Waals surface area contributed by atoms with Gasteiger partial charge in [-0.15, -0.1) is 0 Å². The van der Waals surface area contributed by atoms with Crippen LogP contribution >= 0.6 is 0 Å². The van der Waals surface area contributed by atoms with Crippen molar-refractivity contribution in [1.29, 1.82) is 0 Å². The van der Waals surface area contributed by atoms with Crippen LogP contribution < -0.4 is 10.6 Å². The molecule has 0 unspecified atom stereocenters. The average Bonchev–Trinajstić information content (AvgIpc) is 3.33. The van der Waals surface area contributed by atoms with Crippen molar-refractivity contribution in [2.75, 3.05) is 11.9 Å². The van der Waals surface area contributed by atoms with Gasteiger partial charge in [-0.3, -0.25) is 9.48 Å². The van der Waals surface area contributed by atoms with Gasteiger partial charge in [-0.05, 0) is 31.5 Å². The van der Waals surface area contributed by atoms with Crippen molar-refractivity contribution in [3.63, 3.8) is 0 Å². The van der Waals surface area contributed by atoms with E-state index in [9.17, 15) is 14.0 Å². The number of unbranched alkanes of at least 4 members (excludes halogenated alkanes) is 1. The number of aromatic nitrogens is 3. The summed E-state index contributed by atoms with van der Waals surface area (Å²) in [5, 5.41) is 10.2. The molecule has 2 heterocycles. The molecule has 0 saturated heterocycles. The summed E-state index contributed by atoms with van der Waals surface area (Å²) >= 11 is 0. The van der Waals surface area contributed by atoms with E-state index in [2.05, 4.69) is 20.7 Å². The molecule has 0 radical (unpaired) electrons. The van der Waals surface area contributed by atoms with E-state index in [0.29, 0.717) is 13.0 Å². The molecule has 9 heteroatoms. The predicted octanol–water partition coefficient (Wildman–Crippen LogP) is 5.77. The van der Waals surface area contributed by atoms with Gasteiger partial charge in [-0.25, -0.2) is 9.78 Å². The zero-order valence-corrected chi connectivity index (χ0v) is 22.8. The van der Waals surface area contributed by atoms with Gasteiger partial charge in [0, 0.05) is 17.2 Å². The fourth-order valence-electron chi connectivity index (χ4n) is 3.83. The molecule has 3 rings (SSSR count). The van der Waals surface area contributed by atoms with E-state index in [1.54, 1.807) is 10.7 Å². The van der Waals surface area contributed by atoms with E-state index in [-0.39, 0.29) is 23.6 Å². The Morgan fingerprint density at radius 1 is 1.11 bits per heavy atom. The number of anilines is 1. The number of nitrogens with one attached hydrogen (secondary N) is 2. The monoisotopic (exact) mass is 523 g/mol. The van der Waals surface area contributed by atoms with Gasteiger partial charge in [0.05, 0.1) is 24.8 Å². The zero-order chi connectivity index (χ0) is 27.7. The van der Waals surface area contributed by atoms with Crippen LogP contribution in [0, 0.1) is 18.3 Å². The third-order valence-corrected chi connectivity index (χ3v) is 6.24. The van der Waals surface area contributed by atoms with E-state index < -0.39 is 24.2 Å². The first kappa shape index (κ1) is 28.8. The highest BCUT2D eigenvalue weighted by atomic mass is 19.1.